The van der Waals surface area contributed by atoms with Crippen molar-refractivity contribution in [1.82, 2.24) is 0 Å². The van der Waals surface area contributed by atoms with Crippen molar-refractivity contribution in [2.24, 2.45) is 0 Å². The third-order valence-electron chi connectivity index (χ3n) is 3.48. The van der Waals surface area contributed by atoms with Crippen LogP contribution in [0.15, 0.2) is 18.2 Å². The number of ether oxygens (including phenoxy) is 2. The van der Waals surface area contributed by atoms with E-state index in [-0.39, 0.29) is 6.54 Å². The minimum absolute atomic E-state index is 0.227. The van der Waals surface area contributed by atoms with Crippen molar-refractivity contribution < 1.29 is 19.1 Å². The predicted octanol–water partition coefficient (Wildman–Crippen LogP) is 2.18. The van der Waals surface area contributed by atoms with Gasteiger partial charge in [-0.15, -0.1) is 0 Å². The zero-order valence-electron chi connectivity index (χ0n) is 12.7. The van der Waals surface area contributed by atoms with E-state index in [0.29, 0.717) is 24.5 Å². The number of hydrogen-bond acceptors (Lipinski definition) is 4. The maximum absolute atomic E-state index is 12.2. The smallest absolute Gasteiger partial charge is 0.299 e. The number of rotatable bonds is 7. The van der Waals surface area contributed by atoms with Gasteiger partial charge >= 0.3 is 0 Å². The predicted molar refractivity (Wildman–Crippen MR) is 79.5 cm³/mol. The lowest BCUT2D eigenvalue weighted by atomic mass is 10.1. The Labute approximate surface area is 124 Å². The van der Waals surface area contributed by atoms with Crippen molar-refractivity contribution in [3.05, 3.63) is 29.3 Å². The Morgan fingerprint density at radius 2 is 1.76 bits per heavy atom. The van der Waals surface area contributed by atoms with Gasteiger partial charge in [-0.05, 0) is 38.0 Å². The van der Waals surface area contributed by atoms with Gasteiger partial charge in [0.2, 0.25) is 0 Å². The summed E-state index contributed by atoms with van der Waals surface area (Å²) in [6.45, 7) is 6.95. The highest BCUT2D eigenvalue weighted by atomic mass is 16.7. The maximum Gasteiger partial charge on any atom is 0.299 e. The van der Waals surface area contributed by atoms with E-state index in [9.17, 15) is 9.59 Å². The highest BCUT2D eigenvalue weighted by Crippen LogP contribution is 2.30. The highest BCUT2D eigenvalue weighted by Gasteiger charge is 2.37. The first kappa shape index (κ1) is 15.7. The van der Waals surface area contributed by atoms with Crippen LogP contribution in [-0.2, 0) is 20.7 Å². The van der Waals surface area contributed by atoms with Crippen molar-refractivity contribution in [2.75, 3.05) is 24.7 Å². The molecule has 0 saturated carbocycles. The molecule has 21 heavy (non-hydrogen) atoms. The fraction of sp³-hybridized carbons (Fsp3) is 0.500. The first-order valence-corrected chi connectivity index (χ1v) is 7.34. The van der Waals surface area contributed by atoms with Gasteiger partial charge in [0.1, 0.15) is 0 Å². The van der Waals surface area contributed by atoms with Gasteiger partial charge in [-0.1, -0.05) is 13.0 Å². The van der Waals surface area contributed by atoms with E-state index in [1.54, 1.807) is 6.07 Å². The largest absolute Gasteiger partial charge is 0.351 e. The summed E-state index contributed by atoms with van der Waals surface area (Å²) in [4.78, 5) is 25.7. The summed E-state index contributed by atoms with van der Waals surface area (Å²) < 4.78 is 10.9. The van der Waals surface area contributed by atoms with Crippen LogP contribution in [0.3, 0.4) is 0 Å². The van der Waals surface area contributed by atoms with Gasteiger partial charge in [-0.25, -0.2) is 0 Å². The normalized spacial score (nSPS) is 14.2. The van der Waals surface area contributed by atoms with Gasteiger partial charge in [0.05, 0.1) is 17.8 Å². The van der Waals surface area contributed by atoms with Crippen LogP contribution >= 0.6 is 0 Å². The van der Waals surface area contributed by atoms with E-state index in [4.69, 9.17) is 9.47 Å². The van der Waals surface area contributed by atoms with Crippen molar-refractivity contribution >= 4 is 17.4 Å². The van der Waals surface area contributed by atoms with E-state index < -0.39 is 18.0 Å². The molecule has 1 aliphatic rings. The van der Waals surface area contributed by atoms with E-state index in [2.05, 4.69) is 0 Å². The van der Waals surface area contributed by atoms with Crippen LogP contribution in [0.5, 0.6) is 0 Å². The third-order valence-corrected chi connectivity index (χ3v) is 3.48. The lowest BCUT2D eigenvalue weighted by Gasteiger charge is -2.23. The molecule has 0 bridgehead atoms. The third kappa shape index (κ3) is 3.14. The lowest BCUT2D eigenvalue weighted by molar-refractivity contribution is -0.134. The highest BCUT2D eigenvalue weighted by molar-refractivity contribution is 6.52. The second-order valence-electron chi connectivity index (χ2n) is 4.79. The summed E-state index contributed by atoms with van der Waals surface area (Å²) in [5.41, 5.74) is 2.17. The molecule has 0 saturated heterocycles. The molecule has 0 aliphatic carbocycles. The quantitative estimate of drug-likeness (QED) is 0.571. The SMILES string of the molecule is CCOC(CN1C(=O)C(=O)c2cc(CC)ccc21)OCC. The monoisotopic (exact) mass is 291 g/mol. The number of ketones is 1. The lowest BCUT2D eigenvalue weighted by Crippen LogP contribution is -2.39. The molecule has 1 heterocycles. The number of amides is 1. The molecular formula is C16H21NO4. The number of aryl methyl sites for hydroxylation is 1. The van der Waals surface area contributed by atoms with Crippen molar-refractivity contribution in [1.29, 1.82) is 0 Å². The van der Waals surface area contributed by atoms with Gasteiger partial charge < -0.3 is 9.47 Å². The van der Waals surface area contributed by atoms with E-state index >= 15 is 0 Å². The van der Waals surface area contributed by atoms with E-state index in [1.807, 2.05) is 32.9 Å². The number of anilines is 1. The summed E-state index contributed by atoms with van der Waals surface area (Å²) in [7, 11) is 0. The standard InChI is InChI=1S/C16H21NO4/c1-4-11-7-8-13-12(9-11)15(18)16(19)17(13)10-14(20-5-2)21-6-3/h7-9,14H,4-6,10H2,1-3H3. The zero-order valence-corrected chi connectivity index (χ0v) is 12.7. The van der Waals surface area contributed by atoms with Crippen molar-refractivity contribution in [3.63, 3.8) is 0 Å². The first-order chi connectivity index (χ1) is 10.1. The van der Waals surface area contributed by atoms with Crippen molar-refractivity contribution in [2.45, 2.75) is 33.5 Å². The molecule has 0 fully saturated rings. The number of hydrogen-bond donors (Lipinski definition) is 0. The second kappa shape index (κ2) is 6.83. The van der Waals surface area contributed by atoms with Gasteiger partial charge in [-0.3, -0.25) is 14.5 Å². The summed E-state index contributed by atoms with van der Waals surface area (Å²) in [6, 6.07) is 5.56. The van der Waals surface area contributed by atoms with Gasteiger partial charge in [0.15, 0.2) is 6.29 Å². The Morgan fingerprint density at radius 1 is 1.10 bits per heavy atom. The Hall–Kier alpha value is -1.72. The Balaban J connectivity index is 2.25. The molecular weight excluding hydrogens is 270 g/mol. The number of fused-ring (bicyclic) bond motifs is 1. The Kier molecular flexibility index (Phi) is 5.09. The molecule has 114 valence electrons. The average molecular weight is 291 g/mol. The van der Waals surface area contributed by atoms with E-state index in [0.717, 1.165) is 12.0 Å². The van der Waals surface area contributed by atoms with Crippen LogP contribution in [0, 0.1) is 0 Å². The average Bonchev–Trinajstić information content (AvgIpc) is 2.72. The van der Waals surface area contributed by atoms with Crippen LogP contribution in [0.1, 0.15) is 36.7 Å². The number of benzene rings is 1. The molecule has 1 aromatic carbocycles. The van der Waals surface area contributed by atoms with Crippen LogP contribution in [0.25, 0.3) is 0 Å². The zero-order chi connectivity index (χ0) is 15.4. The van der Waals surface area contributed by atoms with Gasteiger partial charge in [0.25, 0.3) is 11.7 Å². The maximum atomic E-state index is 12.2. The summed E-state index contributed by atoms with van der Waals surface area (Å²) >= 11 is 0. The fourth-order valence-electron chi connectivity index (χ4n) is 2.42. The van der Waals surface area contributed by atoms with Gasteiger partial charge in [0, 0.05) is 13.2 Å². The molecule has 0 spiro atoms. The van der Waals surface area contributed by atoms with Crippen molar-refractivity contribution in [3.8, 4) is 0 Å². The van der Waals surface area contributed by atoms with Gasteiger partial charge in [-0.2, -0.15) is 0 Å². The topological polar surface area (TPSA) is 55.8 Å². The molecule has 5 heteroatoms. The molecule has 0 unspecified atom stereocenters. The van der Waals surface area contributed by atoms with Crippen LogP contribution in [0.4, 0.5) is 5.69 Å². The Morgan fingerprint density at radius 3 is 2.33 bits per heavy atom. The Bertz CT molecular complexity index is 535. The molecule has 5 nitrogen and oxygen atoms in total. The number of carbonyl (C=O) groups is 2. The summed E-state index contributed by atoms with van der Waals surface area (Å²) in [5, 5.41) is 0. The minimum Gasteiger partial charge on any atom is -0.351 e. The molecule has 0 aromatic heterocycles. The molecule has 1 aromatic rings. The first-order valence-electron chi connectivity index (χ1n) is 7.34. The molecule has 0 atom stereocenters. The van der Waals surface area contributed by atoms with Crippen LogP contribution < -0.4 is 4.90 Å². The number of carbonyl (C=O) groups excluding carboxylic acids is 2. The second-order valence-corrected chi connectivity index (χ2v) is 4.79. The van der Waals surface area contributed by atoms with Crippen LogP contribution in [-0.4, -0.2) is 37.7 Å². The van der Waals surface area contributed by atoms with E-state index in [1.165, 1.54) is 4.90 Å². The summed E-state index contributed by atoms with van der Waals surface area (Å²) in [5.74, 6) is -0.963. The molecule has 0 radical (unpaired) electrons. The molecule has 2 rings (SSSR count). The number of nitrogens with zero attached hydrogens (tertiary/aromatic N) is 1. The minimum atomic E-state index is -0.520. The molecule has 1 amide bonds. The van der Waals surface area contributed by atoms with Crippen LogP contribution in [0.2, 0.25) is 0 Å². The summed E-state index contributed by atoms with van der Waals surface area (Å²) in [6.07, 6.45) is 0.309. The molecule has 1 aliphatic heterocycles. The number of Topliss-reactive ketones (excluding diaryl/α,β-unsaturated/α-hetero) is 1. The fourth-order valence-corrected chi connectivity index (χ4v) is 2.42. The molecule has 0 N–H and O–H groups in total.